The number of nitriles is 2. The van der Waals surface area contributed by atoms with Crippen LogP contribution < -0.4 is 0 Å². The summed E-state index contributed by atoms with van der Waals surface area (Å²) in [5.41, 5.74) is 2.66. The van der Waals surface area contributed by atoms with Crippen molar-refractivity contribution >= 4 is 6.08 Å². The van der Waals surface area contributed by atoms with E-state index >= 15 is 0 Å². The van der Waals surface area contributed by atoms with Crippen LogP contribution in [0.2, 0.25) is 0 Å². The monoisotopic (exact) mass is 210 g/mol. The molecule has 0 bridgehead atoms. The van der Waals surface area contributed by atoms with E-state index in [1.165, 1.54) is 0 Å². The molecule has 0 aliphatic heterocycles. The fraction of sp³-hybridized carbons (Fsp3) is 0.286. The second-order valence-electron chi connectivity index (χ2n) is 3.60. The van der Waals surface area contributed by atoms with Gasteiger partial charge in [0.15, 0.2) is 0 Å². The number of rotatable bonds is 4. The van der Waals surface area contributed by atoms with Crippen LogP contribution in [-0.2, 0) is 6.42 Å². The number of unbranched alkanes of at least 4 members (excludes halogenated alkanes) is 1. The van der Waals surface area contributed by atoms with Crippen LogP contribution in [0.3, 0.4) is 0 Å². The summed E-state index contributed by atoms with van der Waals surface area (Å²) in [5, 5.41) is 18.2. The van der Waals surface area contributed by atoms with E-state index in [0.717, 1.165) is 30.4 Å². The average molecular weight is 210 g/mol. The van der Waals surface area contributed by atoms with E-state index in [9.17, 15) is 0 Å². The third-order valence-electron chi connectivity index (χ3n) is 2.57. The Balaban J connectivity index is 3.29. The van der Waals surface area contributed by atoms with E-state index in [0.29, 0.717) is 11.1 Å². The highest BCUT2D eigenvalue weighted by Gasteiger charge is 2.10. The van der Waals surface area contributed by atoms with Crippen molar-refractivity contribution in [2.24, 2.45) is 0 Å². The molecule has 0 amide bonds. The molecular weight excluding hydrogens is 196 g/mol. The molecule has 0 aromatic heterocycles. The Labute approximate surface area is 96.4 Å². The van der Waals surface area contributed by atoms with Crippen LogP contribution in [0.15, 0.2) is 18.7 Å². The van der Waals surface area contributed by atoms with Gasteiger partial charge >= 0.3 is 0 Å². The fourth-order valence-corrected chi connectivity index (χ4v) is 1.66. The number of nitrogens with zero attached hydrogens (tertiary/aromatic N) is 2. The Bertz CT molecular complexity index is 473. The molecule has 0 saturated heterocycles. The van der Waals surface area contributed by atoms with E-state index in [4.69, 9.17) is 10.5 Å². The first-order valence-electron chi connectivity index (χ1n) is 5.37. The molecule has 1 aromatic rings. The zero-order valence-electron chi connectivity index (χ0n) is 9.45. The lowest BCUT2D eigenvalue weighted by Crippen LogP contribution is -1.96. The summed E-state index contributed by atoms with van der Waals surface area (Å²) in [5.74, 6) is 0. The molecule has 2 nitrogen and oxygen atoms in total. The molecule has 0 N–H and O–H groups in total. The molecule has 0 spiro atoms. The molecule has 0 saturated carbocycles. The quantitative estimate of drug-likeness (QED) is 0.764. The summed E-state index contributed by atoms with van der Waals surface area (Å²) in [6.07, 6.45) is 4.58. The van der Waals surface area contributed by atoms with Gasteiger partial charge in [0.25, 0.3) is 0 Å². The average Bonchev–Trinajstić information content (AvgIpc) is 2.34. The Hall–Kier alpha value is -2.06. The second-order valence-corrected chi connectivity index (χ2v) is 3.60. The van der Waals surface area contributed by atoms with Crippen LogP contribution in [0, 0.1) is 22.7 Å². The molecule has 0 radical (unpaired) electrons. The van der Waals surface area contributed by atoms with Gasteiger partial charge < -0.3 is 0 Å². The van der Waals surface area contributed by atoms with Gasteiger partial charge in [0, 0.05) is 0 Å². The topological polar surface area (TPSA) is 47.6 Å². The summed E-state index contributed by atoms with van der Waals surface area (Å²) in [6.45, 7) is 5.75. The first-order valence-corrected chi connectivity index (χ1v) is 5.37. The van der Waals surface area contributed by atoms with Crippen molar-refractivity contribution in [2.75, 3.05) is 0 Å². The molecule has 0 aliphatic rings. The summed E-state index contributed by atoms with van der Waals surface area (Å²) in [4.78, 5) is 0. The minimum Gasteiger partial charge on any atom is -0.192 e. The van der Waals surface area contributed by atoms with Gasteiger partial charge in [-0.1, -0.05) is 38.1 Å². The SMILES string of the molecule is C=Cc1ccc(CCCC)c(C#N)c1C#N. The van der Waals surface area contributed by atoms with Crippen molar-refractivity contribution in [3.05, 3.63) is 41.0 Å². The molecular formula is C14H14N2. The number of hydrogen-bond donors (Lipinski definition) is 0. The molecule has 0 atom stereocenters. The van der Waals surface area contributed by atoms with Gasteiger partial charge in [0.2, 0.25) is 0 Å². The number of aryl methyl sites for hydroxylation is 1. The first kappa shape index (κ1) is 12.0. The lowest BCUT2D eigenvalue weighted by molar-refractivity contribution is 0.793. The van der Waals surface area contributed by atoms with Crippen LogP contribution in [0.4, 0.5) is 0 Å². The second kappa shape index (κ2) is 5.73. The van der Waals surface area contributed by atoms with Crippen molar-refractivity contribution in [3.8, 4) is 12.1 Å². The third-order valence-corrected chi connectivity index (χ3v) is 2.57. The maximum absolute atomic E-state index is 9.11. The molecule has 1 aromatic carbocycles. The molecule has 2 heteroatoms. The predicted octanol–water partition coefficient (Wildman–Crippen LogP) is 3.42. The summed E-state index contributed by atoms with van der Waals surface area (Å²) in [7, 11) is 0. The number of benzene rings is 1. The highest BCUT2D eigenvalue weighted by Crippen LogP contribution is 2.20. The Morgan fingerprint density at radius 3 is 2.44 bits per heavy atom. The van der Waals surface area contributed by atoms with Crippen LogP contribution in [-0.4, -0.2) is 0 Å². The van der Waals surface area contributed by atoms with Gasteiger partial charge in [-0.3, -0.25) is 0 Å². The Morgan fingerprint density at radius 2 is 1.94 bits per heavy atom. The largest absolute Gasteiger partial charge is 0.192 e. The van der Waals surface area contributed by atoms with Gasteiger partial charge in [0.1, 0.15) is 12.1 Å². The van der Waals surface area contributed by atoms with Gasteiger partial charge in [-0.25, -0.2) is 0 Å². The van der Waals surface area contributed by atoms with Crippen molar-refractivity contribution in [1.82, 2.24) is 0 Å². The predicted molar refractivity (Wildman–Crippen MR) is 64.6 cm³/mol. The molecule has 16 heavy (non-hydrogen) atoms. The smallest absolute Gasteiger partial charge is 0.101 e. The third kappa shape index (κ3) is 2.30. The first-order chi connectivity index (χ1) is 7.78. The maximum atomic E-state index is 9.11. The summed E-state index contributed by atoms with van der Waals surface area (Å²) < 4.78 is 0. The minimum atomic E-state index is 0.450. The van der Waals surface area contributed by atoms with Crippen molar-refractivity contribution < 1.29 is 0 Å². The molecule has 0 aliphatic carbocycles. The van der Waals surface area contributed by atoms with E-state index < -0.39 is 0 Å². The molecule has 0 heterocycles. The molecule has 0 unspecified atom stereocenters. The molecule has 1 rings (SSSR count). The fourth-order valence-electron chi connectivity index (χ4n) is 1.66. The standard InChI is InChI=1S/C14H14N2/c1-3-5-6-12-8-7-11(4-2)13(9-15)14(12)10-16/h4,7-8H,2-3,5-6H2,1H3. The normalized spacial score (nSPS) is 9.19. The highest BCUT2D eigenvalue weighted by atomic mass is 14.3. The minimum absolute atomic E-state index is 0.450. The van der Waals surface area contributed by atoms with Crippen LogP contribution in [0.25, 0.3) is 6.08 Å². The van der Waals surface area contributed by atoms with Crippen LogP contribution in [0.5, 0.6) is 0 Å². The van der Waals surface area contributed by atoms with Crippen LogP contribution >= 0.6 is 0 Å². The van der Waals surface area contributed by atoms with E-state index in [1.807, 2.05) is 12.1 Å². The van der Waals surface area contributed by atoms with E-state index in [1.54, 1.807) is 6.08 Å². The van der Waals surface area contributed by atoms with Gasteiger partial charge in [-0.2, -0.15) is 10.5 Å². The van der Waals surface area contributed by atoms with Gasteiger partial charge in [-0.15, -0.1) is 0 Å². The van der Waals surface area contributed by atoms with Crippen molar-refractivity contribution in [2.45, 2.75) is 26.2 Å². The maximum Gasteiger partial charge on any atom is 0.101 e. The zero-order valence-corrected chi connectivity index (χ0v) is 9.45. The Morgan fingerprint density at radius 1 is 1.25 bits per heavy atom. The summed E-state index contributed by atoms with van der Waals surface area (Å²) >= 11 is 0. The summed E-state index contributed by atoms with van der Waals surface area (Å²) in [6, 6.07) is 8.00. The lowest BCUT2D eigenvalue weighted by Gasteiger charge is -2.07. The van der Waals surface area contributed by atoms with Crippen LogP contribution in [0.1, 0.15) is 42.0 Å². The molecule has 80 valence electrons. The molecule has 0 fully saturated rings. The Kier molecular flexibility index (Phi) is 4.30. The van der Waals surface area contributed by atoms with Gasteiger partial charge in [-0.05, 0) is 24.0 Å². The number of hydrogen-bond acceptors (Lipinski definition) is 2. The highest BCUT2D eigenvalue weighted by molar-refractivity contribution is 5.64. The lowest BCUT2D eigenvalue weighted by atomic mass is 9.94. The van der Waals surface area contributed by atoms with Crippen molar-refractivity contribution in [3.63, 3.8) is 0 Å². The van der Waals surface area contributed by atoms with E-state index in [-0.39, 0.29) is 0 Å². The zero-order chi connectivity index (χ0) is 12.0. The van der Waals surface area contributed by atoms with Gasteiger partial charge in [0.05, 0.1) is 11.1 Å². The van der Waals surface area contributed by atoms with Crippen molar-refractivity contribution in [1.29, 1.82) is 10.5 Å². The van der Waals surface area contributed by atoms with E-state index in [2.05, 4.69) is 25.6 Å².